The first-order chi connectivity index (χ1) is 14.5. The Hall–Kier alpha value is -2.25. The van der Waals surface area contributed by atoms with Crippen molar-refractivity contribution < 1.29 is 4.79 Å². The van der Waals surface area contributed by atoms with Gasteiger partial charge in [0.15, 0.2) is 11.9 Å². The van der Waals surface area contributed by atoms with Gasteiger partial charge in [-0.2, -0.15) is 0 Å². The van der Waals surface area contributed by atoms with Gasteiger partial charge in [-0.1, -0.05) is 57.1 Å². The van der Waals surface area contributed by atoms with Gasteiger partial charge in [-0.15, -0.1) is 0 Å². The third kappa shape index (κ3) is 13.8. The van der Waals surface area contributed by atoms with Crippen molar-refractivity contribution in [1.82, 2.24) is 15.5 Å². The van der Waals surface area contributed by atoms with E-state index in [2.05, 4.69) is 27.2 Å². The molecule has 0 saturated carbocycles. The fourth-order valence-corrected chi connectivity index (χ4v) is 3.31. The fourth-order valence-electron chi connectivity index (χ4n) is 3.31. The van der Waals surface area contributed by atoms with Gasteiger partial charge >= 0.3 is 6.03 Å². The molecule has 0 fully saturated rings. The van der Waals surface area contributed by atoms with E-state index in [1.807, 2.05) is 11.8 Å². The smallest absolute Gasteiger partial charge is 0.324 e. The highest BCUT2D eigenvalue weighted by Gasteiger charge is 2.14. The molecule has 1 rings (SSSR count). The van der Waals surface area contributed by atoms with E-state index in [-0.39, 0.29) is 12.0 Å². The number of hydrogen-bond acceptors (Lipinski definition) is 4. The maximum atomic E-state index is 12.5. The Morgan fingerprint density at radius 1 is 1.13 bits per heavy atom. The Labute approximate surface area is 182 Å². The molecule has 1 aliphatic heterocycles. The van der Waals surface area contributed by atoms with Crippen molar-refractivity contribution in [1.29, 1.82) is 0 Å². The number of guanidine groups is 2. The molecule has 2 amide bonds. The van der Waals surface area contributed by atoms with Gasteiger partial charge < -0.3 is 21.7 Å². The fraction of sp³-hybridized carbons (Fsp3) is 0.773. The summed E-state index contributed by atoms with van der Waals surface area (Å²) in [6, 6.07) is -0.121. The number of aliphatic imine (C=N–C) groups is 2. The molecule has 6 N–H and O–H groups in total. The summed E-state index contributed by atoms with van der Waals surface area (Å²) in [5.41, 5.74) is 12.6. The van der Waals surface area contributed by atoms with Gasteiger partial charge in [-0.05, 0) is 32.6 Å². The molecule has 0 radical (unpaired) electrons. The molecule has 0 aromatic rings. The molecule has 0 saturated heterocycles. The van der Waals surface area contributed by atoms with Crippen LogP contribution in [0, 0.1) is 0 Å². The number of nitrogens with two attached hydrogens (primary N) is 2. The normalized spacial score (nSPS) is 17.2. The molecule has 8 heteroatoms. The van der Waals surface area contributed by atoms with Gasteiger partial charge in [-0.3, -0.25) is 10.3 Å². The standard InChI is InChI=1S/C22H43N7O/c1-19(2)18-27-20(23)25-14-10-7-5-9-13-17-29-16-12-8-4-3-6-11-15-26-21(24)28-22(29)30/h1,3-18H2,2H3,(H3,23,25,27)(H3,24,26,28,30). The zero-order chi connectivity index (χ0) is 22.0. The lowest BCUT2D eigenvalue weighted by molar-refractivity contribution is 0.200. The highest BCUT2D eigenvalue weighted by molar-refractivity contribution is 5.95. The van der Waals surface area contributed by atoms with Gasteiger partial charge in [-0.25, -0.2) is 9.79 Å². The zero-order valence-electron chi connectivity index (χ0n) is 18.9. The second kappa shape index (κ2) is 16.5. The van der Waals surface area contributed by atoms with Crippen LogP contribution < -0.4 is 22.1 Å². The zero-order valence-corrected chi connectivity index (χ0v) is 18.9. The minimum Gasteiger partial charge on any atom is -0.370 e. The van der Waals surface area contributed by atoms with Crippen LogP contribution in [-0.4, -0.2) is 55.6 Å². The van der Waals surface area contributed by atoms with Crippen LogP contribution in [0.3, 0.4) is 0 Å². The number of amides is 2. The van der Waals surface area contributed by atoms with E-state index in [0.717, 1.165) is 70.2 Å². The van der Waals surface area contributed by atoms with Crippen LogP contribution >= 0.6 is 0 Å². The minimum atomic E-state index is -0.121. The molecule has 0 aliphatic carbocycles. The second-order valence-corrected chi connectivity index (χ2v) is 8.16. The molecule has 0 unspecified atom stereocenters. The van der Waals surface area contributed by atoms with Gasteiger partial charge in [0.05, 0.1) is 6.54 Å². The van der Waals surface area contributed by atoms with Crippen molar-refractivity contribution >= 4 is 18.0 Å². The third-order valence-electron chi connectivity index (χ3n) is 5.07. The molecule has 0 spiro atoms. The first kappa shape index (κ1) is 25.8. The van der Waals surface area contributed by atoms with Gasteiger partial charge in [0.1, 0.15) is 0 Å². The van der Waals surface area contributed by atoms with Crippen LogP contribution in [0.1, 0.15) is 77.6 Å². The summed E-state index contributed by atoms with van der Waals surface area (Å²) < 4.78 is 0. The van der Waals surface area contributed by atoms with Crippen LogP contribution in [0.25, 0.3) is 0 Å². The molecule has 0 aromatic heterocycles. The van der Waals surface area contributed by atoms with Gasteiger partial charge in [0, 0.05) is 26.2 Å². The average molecular weight is 422 g/mol. The summed E-state index contributed by atoms with van der Waals surface area (Å²) in [7, 11) is 0. The number of unbranched alkanes of at least 4 members (excludes halogenated alkanes) is 4. The Morgan fingerprint density at radius 3 is 2.57 bits per heavy atom. The summed E-state index contributed by atoms with van der Waals surface area (Å²) in [6.07, 6.45) is 12.3. The number of hydrogen-bond donors (Lipinski definition) is 4. The van der Waals surface area contributed by atoms with Crippen molar-refractivity contribution in [3.63, 3.8) is 0 Å². The molecule has 0 aromatic carbocycles. The van der Waals surface area contributed by atoms with E-state index < -0.39 is 0 Å². The number of rotatable bonds is 10. The Bertz CT molecular complexity index is 560. The lowest BCUT2D eigenvalue weighted by atomic mass is 10.1. The molecule has 0 atom stereocenters. The molecule has 1 heterocycles. The lowest BCUT2D eigenvalue weighted by Crippen LogP contribution is -2.46. The van der Waals surface area contributed by atoms with Crippen molar-refractivity contribution in [3.8, 4) is 0 Å². The Kier molecular flexibility index (Phi) is 14.2. The topological polar surface area (TPSA) is 121 Å². The van der Waals surface area contributed by atoms with Gasteiger partial charge in [0.25, 0.3) is 0 Å². The summed E-state index contributed by atoms with van der Waals surface area (Å²) in [5.74, 6) is 0.723. The molecule has 172 valence electrons. The van der Waals surface area contributed by atoms with Crippen molar-refractivity contribution in [2.45, 2.75) is 77.6 Å². The summed E-state index contributed by atoms with van der Waals surface area (Å²) in [6.45, 7) is 9.37. The molecule has 1 aliphatic rings. The van der Waals surface area contributed by atoms with Crippen LogP contribution in [-0.2, 0) is 0 Å². The average Bonchev–Trinajstić information content (AvgIpc) is 2.71. The molecular weight excluding hydrogens is 378 g/mol. The summed E-state index contributed by atoms with van der Waals surface area (Å²) >= 11 is 0. The minimum absolute atomic E-state index is 0.121. The molecule has 0 bridgehead atoms. The van der Waals surface area contributed by atoms with E-state index in [1.165, 1.54) is 25.7 Å². The van der Waals surface area contributed by atoms with Crippen LogP contribution in [0.2, 0.25) is 0 Å². The van der Waals surface area contributed by atoms with Crippen LogP contribution in [0.15, 0.2) is 22.1 Å². The number of carbonyl (C=O) groups excluding carboxylic acids is 1. The van der Waals surface area contributed by atoms with Crippen molar-refractivity contribution in [2.24, 2.45) is 21.5 Å². The highest BCUT2D eigenvalue weighted by Crippen LogP contribution is 2.09. The highest BCUT2D eigenvalue weighted by atomic mass is 16.2. The molecular formula is C22H43N7O. The summed E-state index contributed by atoms with van der Waals surface area (Å²) in [4.78, 5) is 22.9. The first-order valence-electron chi connectivity index (χ1n) is 11.5. The largest absolute Gasteiger partial charge is 0.370 e. The van der Waals surface area contributed by atoms with Gasteiger partial charge in [0.2, 0.25) is 0 Å². The number of urea groups is 1. The maximum absolute atomic E-state index is 12.5. The van der Waals surface area contributed by atoms with Crippen molar-refractivity contribution in [2.75, 3.05) is 32.7 Å². The Balaban J connectivity index is 2.23. The van der Waals surface area contributed by atoms with E-state index in [0.29, 0.717) is 19.0 Å². The second-order valence-electron chi connectivity index (χ2n) is 8.16. The number of nitrogens with one attached hydrogen (secondary N) is 2. The molecule has 30 heavy (non-hydrogen) atoms. The number of carbonyl (C=O) groups is 1. The first-order valence-corrected chi connectivity index (χ1v) is 11.5. The third-order valence-corrected chi connectivity index (χ3v) is 5.07. The van der Waals surface area contributed by atoms with E-state index in [9.17, 15) is 4.79 Å². The maximum Gasteiger partial charge on any atom is 0.324 e. The van der Waals surface area contributed by atoms with E-state index in [4.69, 9.17) is 11.5 Å². The van der Waals surface area contributed by atoms with E-state index in [1.54, 1.807) is 0 Å². The predicted octanol–water partition coefficient (Wildman–Crippen LogP) is 3.10. The lowest BCUT2D eigenvalue weighted by Gasteiger charge is -2.23. The SMILES string of the molecule is C=C(C)CN=C(N)NCCCCCCCN1CCCCCCCCN=C(N)NC1=O. The van der Waals surface area contributed by atoms with E-state index >= 15 is 0 Å². The monoisotopic (exact) mass is 421 g/mol. The van der Waals surface area contributed by atoms with Crippen LogP contribution in [0.4, 0.5) is 4.79 Å². The number of nitrogens with zero attached hydrogens (tertiary/aromatic N) is 3. The quantitative estimate of drug-likeness (QED) is 0.187. The summed E-state index contributed by atoms with van der Waals surface area (Å²) in [5, 5.41) is 5.87. The van der Waals surface area contributed by atoms with Crippen LogP contribution in [0.5, 0.6) is 0 Å². The van der Waals surface area contributed by atoms with Crippen molar-refractivity contribution in [3.05, 3.63) is 12.2 Å². The molecule has 8 nitrogen and oxygen atoms in total. The Morgan fingerprint density at radius 2 is 1.80 bits per heavy atom. The predicted molar refractivity (Wildman–Crippen MR) is 127 cm³/mol.